The van der Waals surface area contributed by atoms with Crippen molar-refractivity contribution in [3.8, 4) is 0 Å². The molecule has 2 rings (SSSR count). The van der Waals surface area contributed by atoms with Gasteiger partial charge in [-0.25, -0.2) is 0 Å². The highest BCUT2D eigenvalue weighted by molar-refractivity contribution is 6.42. The van der Waals surface area contributed by atoms with Gasteiger partial charge < -0.3 is 10.2 Å². The topological polar surface area (TPSA) is 49.4 Å². The highest BCUT2D eigenvalue weighted by Gasteiger charge is 2.27. The summed E-state index contributed by atoms with van der Waals surface area (Å²) in [4.78, 5) is 27.4. The largest absolute Gasteiger partial charge is 0.354 e. The lowest BCUT2D eigenvalue weighted by atomic mass is 10.1. The van der Waals surface area contributed by atoms with Crippen molar-refractivity contribution >= 4 is 58.2 Å². The fourth-order valence-electron chi connectivity index (χ4n) is 2.81. The molecule has 0 aliphatic rings. The van der Waals surface area contributed by atoms with Crippen molar-refractivity contribution in [1.82, 2.24) is 10.2 Å². The lowest BCUT2D eigenvalue weighted by Crippen LogP contribution is -2.48. The lowest BCUT2D eigenvalue weighted by Gasteiger charge is -2.29. The summed E-state index contributed by atoms with van der Waals surface area (Å²) in [5.41, 5.74) is 1.28. The molecule has 1 atom stereocenters. The number of carbonyl (C=O) groups excluding carboxylic acids is 2. The van der Waals surface area contributed by atoms with Gasteiger partial charge in [-0.1, -0.05) is 72.4 Å². The van der Waals surface area contributed by atoms with E-state index in [2.05, 4.69) is 5.32 Å². The average Bonchev–Trinajstić information content (AvgIpc) is 2.68. The Morgan fingerprint density at radius 2 is 1.57 bits per heavy atom. The summed E-state index contributed by atoms with van der Waals surface area (Å²) in [6.45, 7) is 6.32. The molecule has 0 spiro atoms. The third-order valence-electron chi connectivity index (χ3n) is 4.58. The number of halogens is 4. The molecule has 0 radical (unpaired) electrons. The summed E-state index contributed by atoms with van der Waals surface area (Å²) in [5, 5.41) is 4.52. The molecule has 162 valence electrons. The minimum atomic E-state index is -0.716. The van der Waals surface area contributed by atoms with E-state index in [0.717, 1.165) is 0 Å². The number of hydrogen-bond acceptors (Lipinski definition) is 2. The lowest BCUT2D eigenvalue weighted by molar-refractivity contribution is -0.140. The second kappa shape index (κ2) is 11.2. The maximum atomic E-state index is 13.2. The molecule has 0 aliphatic heterocycles. The molecule has 0 aliphatic carbocycles. The summed E-state index contributed by atoms with van der Waals surface area (Å²) in [5.74, 6) is -0.203. The zero-order chi connectivity index (χ0) is 22.4. The number of hydrogen-bond donors (Lipinski definition) is 1. The first kappa shape index (κ1) is 24.8. The first-order chi connectivity index (χ1) is 14.1. The van der Waals surface area contributed by atoms with E-state index < -0.39 is 6.04 Å². The highest BCUT2D eigenvalue weighted by Crippen LogP contribution is 2.27. The highest BCUT2D eigenvalue weighted by atomic mass is 35.5. The first-order valence-corrected chi connectivity index (χ1v) is 11.0. The molecule has 30 heavy (non-hydrogen) atoms. The van der Waals surface area contributed by atoms with Gasteiger partial charge in [-0.2, -0.15) is 0 Å². The quantitative estimate of drug-likeness (QED) is 0.491. The van der Waals surface area contributed by atoms with Crippen LogP contribution in [0.25, 0.3) is 0 Å². The monoisotopic (exact) mass is 488 g/mol. The summed E-state index contributed by atoms with van der Waals surface area (Å²) < 4.78 is 0. The van der Waals surface area contributed by atoms with Crippen molar-refractivity contribution in [3.05, 3.63) is 67.6 Å². The SMILES string of the molecule is CC(C)CNC(=O)C(C)N(Cc1c(Cl)cccc1Cl)C(=O)Cc1ccc(Cl)c(Cl)c1. The predicted molar refractivity (Wildman–Crippen MR) is 124 cm³/mol. The van der Waals surface area contributed by atoms with E-state index in [-0.39, 0.29) is 24.8 Å². The Morgan fingerprint density at radius 1 is 0.933 bits per heavy atom. The third-order valence-corrected chi connectivity index (χ3v) is 6.03. The van der Waals surface area contributed by atoms with E-state index >= 15 is 0 Å². The zero-order valence-electron chi connectivity index (χ0n) is 17.0. The van der Waals surface area contributed by atoms with E-state index in [0.29, 0.717) is 43.7 Å². The Kier molecular flexibility index (Phi) is 9.30. The fraction of sp³-hybridized carbons (Fsp3) is 0.364. The Labute approximate surface area is 197 Å². The van der Waals surface area contributed by atoms with Crippen LogP contribution < -0.4 is 5.32 Å². The molecule has 1 N–H and O–H groups in total. The van der Waals surface area contributed by atoms with E-state index in [9.17, 15) is 9.59 Å². The minimum absolute atomic E-state index is 0.0563. The van der Waals surface area contributed by atoms with Crippen molar-refractivity contribution in [2.75, 3.05) is 6.54 Å². The van der Waals surface area contributed by atoms with Gasteiger partial charge in [0.25, 0.3) is 0 Å². The predicted octanol–water partition coefficient (Wildman–Crippen LogP) is 6.03. The molecule has 4 nitrogen and oxygen atoms in total. The first-order valence-electron chi connectivity index (χ1n) is 9.54. The van der Waals surface area contributed by atoms with E-state index in [4.69, 9.17) is 46.4 Å². The summed E-state index contributed by atoms with van der Waals surface area (Å²) >= 11 is 24.7. The van der Waals surface area contributed by atoms with Gasteiger partial charge >= 0.3 is 0 Å². The van der Waals surface area contributed by atoms with Gasteiger partial charge in [-0.3, -0.25) is 9.59 Å². The maximum Gasteiger partial charge on any atom is 0.242 e. The molecular weight excluding hydrogens is 466 g/mol. The third kappa shape index (κ3) is 6.78. The number of benzene rings is 2. The number of amides is 2. The molecule has 0 saturated carbocycles. The van der Waals surface area contributed by atoms with Crippen LogP contribution in [0.15, 0.2) is 36.4 Å². The van der Waals surface area contributed by atoms with Gasteiger partial charge in [0.15, 0.2) is 0 Å². The van der Waals surface area contributed by atoms with E-state index in [1.165, 1.54) is 4.90 Å². The number of nitrogens with zero attached hydrogens (tertiary/aromatic N) is 1. The molecule has 0 fully saturated rings. The van der Waals surface area contributed by atoms with Crippen molar-refractivity contribution in [3.63, 3.8) is 0 Å². The van der Waals surface area contributed by atoms with Gasteiger partial charge in [0, 0.05) is 28.7 Å². The summed E-state index contributed by atoms with van der Waals surface area (Å²) in [6.07, 6.45) is 0.0563. The van der Waals surface area contributed by atoms with E-state index in [1.54, 1.807) is 43.3 Å². The Balaban J connectivity index is 2.30. The Hall–Kier alpha value is -1.46. The van der Waals surface area contributed by atoms with Gasteiger partial charge in [-0.15, -0.1) is 0 Å². The van der Waals surface area contributed by atoms with Crippen LogP contribution in [0.1, 0.15) is 31.9 Å². The molecule has 8 heteroatoms. The smallest absolute Gasteiger partial charge is 0.242 e. The molecule has 2 amide bonds. The summed E-state index contributed by atoms with van der Waals surface area (Å²) in [6, 6.07) is 9.44. The number of nitrogens with one attached hydrogen (secondary N) is 1. The molecule has 2 aromatic carbocycles. The van der Waals surface area contributed by atoms with Crippen LogP contribution in [0.5, 0.6) is 0 Å². The average molecular weight is 490 g/mol. The normalized spacial score (nSPS) is 12.0. The van der Waals surface area contributed by atoms with Crippen molar-refractivity contribution in [2.24, 2.45) is 5.92 Å². The number of carbonyl (C=O) groups is 2. The van der Waals surface area contributed by atoms with Crippen LogP contribution in [0.3, 0.4) is 0 Å². The van der Waals surface area contributed by atoms with Crippen LogP contribution >= 0.6 is 46.4 Å². The second-order valence-corrected chi connectivity index (χ2v) is 9.09. The van der Waals surface area contributed by atoms with Crippen LogP contribution in [0, 0.1) is 5.92 Å². The van der Waals surface area contributed by atoms with Crippen LogP contribution in [-0.2, 0) is 22.6 Å². The molecule has 0 bridgehead atoms. The zero-order valence-corrected chi connectivity index (χ0v) is 20.0. The van der Waals surface area contributed by atoms with Crippen molar-refractivity contribution < 1.29 is 9.59 Å². The maximum absolute atomic E-state index is 13.2. The van der Waals surface area contributed by atoms with Gasteiger partial charge in [0.2, 0.25) is 11.8 Å². The van der Waals surface area contributed by atoms with Crippen molar-refractivity contribution in [2.45, 2.75) is 39.8 Å². The fourth-order valence-corrected chi connectivity index (χ4v) is 3.65. The second-order valence-electron chi connectivity index (χ2n) is 7.46. The Morgan fingerprint density at radius 3 is 2.13 bits per heavy atom. The molecule has 1 unspecified atom stereocenters. The molecule has 0 aromatic heterocycles. The molecule has 2 aromatic rings. The molecular formula is C22H24Cl4N2O2. The van der Waals surface area contributed by atoms with Crippen molar-refractivity contribution in [1.29, 1.82) is 0 Å². The van der Waals surface area contributed by atoms with Crippen LogP contribution in [-0.4, -0.2) is 29.3 Å². The van der Waals surface area contributed by atoms with Gasteiger partial charge in [0.05, 0.1) is 16.5 Å². The van der Waals surface area contributed by atoms with Crippen LogP contribution in [0.4, 0.5) is 0 Å². The van der Waals surface area contributed by atoms with Gasteiger partial charge in [0.1, 0.15) is 6.04 Å². The summed E-state index contributed by atoms with van der Waals surface area (Å²) in [7, 11) is 0. The van der Waals surface area contributed by atoms with E-state index in [1.807, 2.05) is 13.8 Å². The van der Waals surface area contributed by atoms with Crippen LogP contribution in [0.2, 0.25) is 20.1 Å². The molecule has 0 heterocycles. The van der Waals surface area contributed by atoms with Gasteiger partial charge in [-0.05, 0) is 42.7 Å². The number of rotatable bonds is 8. The standard InChI is InChI=1S/C22H24Cl4N2O2/c1-13(2)11-27-22(30)14(3)28(12-16-17(23)5-4-6-18(16)24)21(29)10-15-7-8-19(25)20(26)9-15/h4-9,13-14H,10-12H2,1-3H3,(H,27,30). The minimum Gasteiger partial charge on any atom is -0.354 e. The molecule has 0 saturated heterocycles. The Bertz CT molecular complexity index is 898.